The first-order valence-corrected chi connectivity index (χ1v) is 5.79. The van der Waals surface area contributed by atoms with Crippen molar-refractivity contribution in [3.05, 3.63) is 63.6 Å². The van der Waals surface area contributed by atoms with E-state index in [2.05, 4.69) is 20.9 Å². The maximum Gasteiger partial charge on any atom is 0.195 e. The number of nitrogens with zero attached hydrogens (tertiary/aromatic N) is 1. The highest BCUT2D eigenvalue weighted by Gasteiger charge is 2.15. The quantitative estimate of drug-likeness (QED) is 0.793. The molecule has 17 heavy (non-hydrogen) atoms. The van der Waals surface area contributed by atoms with Gasteiger partial charge in [-0.15, -0.1) is 0 Å². The van der Waals surface area contributed by atoms with Crippen LogP contribution >= 0.6 is 15.9 Å². The van der Waals surface area contributed by atoms with E-state index in [1.807, 2.05) is 6.92 Å². The molecule has 0 unspecified atom stereocenters. The van der Waals surface area contributed by atoms with Gasteiger partial charge in [-0.3, -0.25) is 9.78 Å². The van der Waals surface area contributed by atoms with Crippen LogP contribution in [0.15, 0.2) is 41.1 Å². The Morgan fingerprint density at radius 3 is 2.82 bits per heavy atom. The predicted octanol–water partition coefficient (Wildman–Crippen LogP) is 3.52. The molecule has 0 aliphatic carbocycles. The first-order valence-electron chi connectivity index (χ1n) is 5.00. The van der Waals surface area contributed by atoms with Gasteiger partial charge < -0.3 is 0 Å². The van der Waals surface area contributed by atoms with Gasteiger partial charge in [-0.1, -0.05) is 6.07 Å². The third-order valence-electron chi connectivity index (χ3n) is 2.33. The summed E-state index contributed by atoms with van der Waals surface area (Å²) >= 11 is 3.08. The Balaban J connectivity index is 2.48. The molecule has 0 saturated carbocycles. The van der Waals surface area contributed by atoms with E-state index in [-0.39, 0.29) is 10.3 Å². The van der Waals surface area contributed by atoms with Gasteiger partial charge in [0.1, 0.15) is 5.82 Å². The van der Waals surface area contributed by atoms with E-state index in [1.165, 1.54) is 18.3 Å². The number of halogens is 2. The Labute approximate surface area is 107 Å². The summed E-state index contributed by atoms with van der Waals surface area (Å²) in [6.45, 7) is 1.85. The number of ketones is 1. The summed E-state index contributed by atoms with van der Waals surface area (Å²) < 4.78 is 13.5. The normalized spacial score (nSPS) is 10.3. The zero-order chi connectivity index (χ0) is 12.4. The third kappa shape index (κ3) is 2.42. The predicted molar refractivity (Wildman–Crippen MR) is 66.5 cm³/mol. The number of pyridine rings is 1. The van der Waals surface area contributed by atoms with Crippen LogP contribution in [-0.2, 0) is 0 Å². The second kappa shape index (κ2) is 4.75. The highest BCUT2D eigenvalue weighted by molar-refractivity contribution is 9.10. The number of hydrogen-bond donors (Lipinski definition) is 0. The zero-order valence-corrected chi connectivity index (χ0v) is 10.7. The van der Waals surface area contributed by atoms with Crippen molar-refractivity contribution >= 4 is 21.7 Å². The summed E-state index contributed by atoms with van der Waals surface area (Å²) in [4.78, 5) is 16.1. The fourth-order valence-electron chi connectivity index (χ4n) is 1.51. The molecule has 0 aliphatic rings. The number of benzene rings is 1. The van der Waals surface area contributed by atoms with Gasteiger partial charge >= 0.3 is 0 Å². The number of carbonyl (C=O) groups excluding carboxylic acids is 1. The second-order valence-corrected chi connectivity index (χ2v) is 4.47. The minimum atomic E-state index is -0.448. The van der Waals surface area contributed by atoms with Gasteiger partial charge in [-0.05, 0) is 46.6 Å². The van der Waals surface area contributed by atoms with E-state index in [9.17, 15) is 9.18 Å². The van der Waals surface area contributed by atoms with E-state index >= 15 is 0 Å². The highest BCUT2D eigenvalue weighted by Crippen LogP contribution is 2.23. The molecule has 2 aromatic rings. The summed E-state index contributed by atoms with van der Waals surface area (Å²) in [6, 6.07) is 6.12. The van der Waals surface area contributed by atoms with Crippen molar-refractivity contribution in [1.82, 2.24) is 4.98 Å². The van der Waals surface area contributed by atoms with Crippen molar-refractivity contribution in [3.63, 3.8) is 0 Å². The average Bonchev–Trinajstić information content (AvgIpc) is 2.32. The maximum absolute atomic E-state index is 13.3. The molecule has 1 aromatic carbocycles. The molecule has 2 rings (SSSR count). The number of aryl methyl sites for hydroxylation is 1. The van der Waals surface area contributed by atoms with Gasteiger partial charge in [0.15, 0.2) is 5.78 Å². The Kier molecular flexibility index (Phi) is 3.33. The average molecular weight is 294 g/mol. The Hall–Kier alpha value is -1.55. The lowest BCUT2D eigenvalue weighted by molar-refractivity contribution is 0.103. The first-order chi connectivity index (χ1) is 8.09. The van der Waals surface area contributed by atoms with Gasteiger partial charge in [0, 0.05) is 23.5 Å². The van der Waals surface area contributed by atoms with Gasteiger partial charge in [0.2, 0.25) is 0 Å². The lowest BCUT2D eigenvalue weighted by atomic mass is 10.0. The Morgan fingerprint density at radius 1 is 1.35 bits per heavy atom. The van der Waals surface area contributed by atoms with Crippen LogP contribution in [-0.4, -0.2) is 10.8 Å². The second-order valence-electron chi connectivity index (χ2n) is 3.68. The van der Waals surface area contributed by atoms with Gasteiger partial charge in [-0.2, -0.15) is 0 Å². The number of carbonyl (C=O) groups is 1. The van der Waals surface area contributed by atoms with Crippen LogP contribution in [0.3, 0.4) is 0 Å². The Bertz CT molecular complexity index is 583. The van der Waals surface area contributed by atoms with Crippen molar-refractivity contribution < 1.29 is 9.18 Å². The zero-order valence-electron chi connectivity index (χ0n) is 9.08. The summed E-state index contributed by atoms with van der Waals surface area (Å²) in [5.41, 5.74) is 1.65. The molecule has 1 aromatic heterocycles. The SMILES string of the molecule is Cc1cncc(C(=O)c2cccc(F)c2Br)c1. The van der Waals surface area contributed by atoms with Crippen LogP contribution in [0.2, 0.25) is 0 Å². The van der Waals surface area contributed by atoms with Crippen LogP contribution in [0.25, 0.3) is 0 Å². The summed E-state index contributed by atoms with van der Waals surface area (Å²) in [5, 5.41) is 0. The van der Waals surface area contributed by atoms with Crippen molar-refractivity contribution in [2.75, 3.05) is 0 Å². The first kappa shape index (κ1) is 11.9. The molecular formula is C13H9BrFNO. The molecular weight excluding hydrogens is 285 g/mol. The molecule has 1 heterocycles. The molecule has 2 nitrogen and oxygen atoms in total. The van der Waals surface area contributed by atoms with Crippen molar-refractivity contribution in [1.29, 1.82) is 0 Å². The number of aromatic nitrogens is 1. The number of rotatable bonds is 2. The van der Waals surface area contributed by atoms with E-state index in [0.29, 0.717) is 11.1 Å². The summed E-state index contributed by atoms with van der Waals surface area (Å²) in [7, 11) is 0. The van der Waals surface area contributed by atoms with E-state index < -0.39 is 5.82 Å². The fraction of sp³-hybridized carbons (Fsp3) is 0.0769. The molecule has 0 bridgehead atoms. The highest BCUT2D eigenvalue weighted by atomic mass is 79.9. The van der Waals surface area contributed by atoms with Crippen LogP contribution in [0.1, 0.15) is 21.5 Å². The molecule has 0 amide bonds. The molecule has 0 fully saturated rings. The minimum Gasteiger partial charge on any atom is -0.289 e. The van der Waals surface area contributed by atoms with Crippen molar-refractivity contribution in [3.8, 4) is 0 Å². The topological polar surface area (TPSA) is 30.0 Å². The molecule has 0 N–H and O–H groups in total. The van der Waals surface area contributed by atoms with Crippen molar-refractivity contribution in [2.24, 2.45) is 0 Å². The van der Waals surface area contributed by atoms with Crippen LogP contribution < -0.4 is 0 Å². The van der Waals surface area contributed by atoms with Gasteiger partial charge in [0.25, 0.3) is 0 Å². The summed E-state index contributed by atoms with van der Waals surface area (Å²) in [6.07, 6.45) is 3.14. The van der Waals surface area contributed by atoms with E-state index in [4.69, 9.17) is 0 Å². The monoisotopic (exact) mass is 293 g/mol. The van der Waals surface area contributed by atoms with E-state index in [1.54, 1.807) is 18.3 Å². The molecule has 0 saturated heterocycles. The van der Waals surface area contributed by atoms with Gasteiger partial charge in [0.05, 0.1) is 4.47 Å². The molecule has 0 aliphatic heterocycles. The third-order valence-corrected chi connectivity index (χ3v) is 3.14. The fourth-order valence-corrected chi connectivity index (χ4v) is 1.96. The molecule has 4 heteroatoms. The minimum absolute atomic E-state index is 0.187. The standard InChI is InChI=1S/C13H9BrFNO/c1-8-5-9(7-16-6-8)13(17)10-3-2-4-11(15)12(10)14/h2-7H,1H3. The molecule has 0 atom stereocenters. The Morgan fingerprint density at radius 2 is 2.12 bits per heavy atom. The summed E-state index contributed by atoms with van der Waals surface area (Å²) in [5.74, 6) is -0.691. The van der Waals surface area contributed by atoms with Crippen LogP contribution in [0.5, 0.6) is 0 Å². The van der Waals surface area contributed by atoms with Crippen molar-refractivity contribution in [2.45, 2.75) is 6.92 Å². The number of hydrogen-bond acceptors (Lipinski definition) is 2. The smallest absolute Gasteiger partial charge is 0.195 e. The largest absolute Gasteiger partial charge is 0.289 e. The maximum atomic E-state index is 13.3. The van der Waals surface area contributed by atoms with Crippen LogP contribution in [0.4, 0.5) is 4.39 Å². The molecule has 86 valence electrons. The molecule has 0 spiro atoms. The lowest BCUT2D eigenvalue weighted by Crippen LogP contribution is -2.04. The lowest BCUT2D eigenvalue weighted by Gasteiger charge is -2.04. The van der Waals surface area contributed by atoms with E-state index in [0.717, 1.165) is 5.56 Å². The van der Waals surface area contributed by atoms with Crippen LogP contribution in [0, 0.1) is 12.7 Å². The molecule has 0 radical (unpaired) electrons. The van der Waals surface area contributed by atoms with Gasteiger partial charge in [-0.25, -0.2) is 4.39 Å².